The van der Waals surface area contributed by atoms with Crippen molar-refractivity contribution in [3.8, 4) is 0 Å². The lowest BCUT2D eigenvalue weighted by Crippen LogP contribution is -2.36. The fourth-order valence-corrected chi connectivity index (χ4v) is 4.52. The zero-order valence-corrected chi connectivity index (χ0v) is 13.3. The number of carbonyl (C=O) groups excluding carboxylic acids is 1. The average Bonchev–Trinajstić information content (AvgIpc) is 3.01. The third-order valence-electron chi connectivity index (χ3n) is 4.05. The van der Waals surface area contributed by atoms with Crippen LogP contribution in [0.3, 0.4) is 0 Å². The van der Waals surface area contributed by atoms with Gasteiger partial charge >= 0.3 is 0 Å². The third kappa shape index (κ3) is 3.14. The van der Waals surface area contributed by atoms with Crippen molar-refractivity contribution in [1.82, 2.24) is 15.1 Å². The van der Waals surface area contributed by atoms with E-state index in [4.69, 9.17) is 0 Å². The van der Waals surface area contributed by atoms with Crippen molar-refractivity contribution in [3.05, 3.63) is 30.0 Å². The van der Waals surface area contributed by atoms with Gasteiger partial charge in [0.15, 0.2) is 9.84 Å². The molecule has 2 heterocycles. The minimum atomic E-state index is -2.97. The number of rotatable bonds is 4. The topological polar surface area (TPSA) is 81.1 Å². The Labute approximate surface area is 129 Å². The Balaban J connectivity index is 1.60. The van der Waals surface area contributed by atoms with Gasteiger partial charge in [-0.1, -0.05) is 12.1 Å². The molecule has 1 aromatic carbocycles. The van der Waals surface area contributed by atoms with Crippen molar-refractivity contribution in [2.24, 2.45) is 0 Å². The summed E-state index contributed by atoms with van der Waals surface area (Å²) in [5.74, 6) is 0.0994. The predicted molar refractivity (Wildman–Crippen MR) is 84.3 cm³/mol. The van der Waals surface area contributed by atoms with Gasteiger partial charge in [0.05, 0.1) is 29.8 Å². The molecule has 0 saturated carbocycles. The summed E-state index contributed by atoms with van der Waals surface area (Å²) in [7, 11) is -2.97. The van der Waals surface area contributed by atoms with Crippen molar-refractivity contribution in [1.29, 1.82) is 0 Å². The summed E-state index contributed by atoms with van der Waals surface area (Å²) < 4.78 is 24.6. The van der Waals surface area contributed by atoms with Crippen LogP contribution < -0.4 is 5.32 Å². The van der Waals surface area contributed by atoms with E-state index in [9.17, 15) is 13.2 Å². The number of sulfone groups is 1. The van der Waals surface area contributed by atoms with Crippen molar-refractivity contribution in [3.63, 3.8) is 0 Å². The minimum absolute atomic E-state index is 0.0582. The van der Waals surface area contributed by atoms with E-state index in [2.05, 4.69) is 10.4 Å². The highest BCUT2D eigenvalue weighted by Gasteiger charge is 2.28. The van der Waals surface area contributed by atoms with Gasteiger partial charge in [0, 0.05) is 17.8 Å². The summed E-state index contributed by atoms with van der Waals surface area (Å²) in [6.07, 6.45) is 2.62. The Hall–Kier alpha value is -1.89. The molecular formula is C15H19N3O3S. The minimum Gasteiger partial charge on any atom is -0.352 e. The van der Waals surface area contributed by atoms with Crippen molar-refractivity contribution >= 4 is 26.6 Å². The van der Waals surface area contributed by atoms with Crippen molar-refractivity contribution < 1.29 is 13.2 Å². The highest BCUT2D eigenvalue weighted by atomic mass is 32.2. The number of nitrogens with zero attached hydrogens (tertiary/aromatic N) is 2. The second-order valence-corrected chi connectivity index (χ2v) is 8.02. The first-order valence-corrected chi connectivity index (χ1v) is 9.18. The van der Waals surface area contributed by atoms with Gasteiger partial charge in [-0.3, -0.25) is 9.48 Å². The highest BCUT2D eigenvalue weighted by molar-refractivity contribution is 7.91. The molecule has 0 radical (unpaired) electrons. The van der Waals surface area contributed by atoms with E-state index in [-0.39, 0.29) is 23.5 Å². The number of hydrogen-bond donors (Lipinski definition) is 1. The highest BCUT2D eigenvalue weighted by Crippen LogP contribution is 2.18. The number of aryl methyl sites for hydroxylation is 2. The van der Waals surface area contributed by atoms with E-state index in [1.807, 2.05) is 36.0 Å². The summed E-state index contributed by atoms with van der Waals surface area (Å²) >= 11 is 0. The average molecular weight is 321 g/mol. The molecule has 1 saturated heterocycles. The Kier molecular flexibility index (Phi) is 3.90. The Bertz CT molecular complexity index is 811. The van der Waals surface area contributed by atoms with Gasteiger partial charge < -0.3 is 5.32 Å². The van der Waals surface area contributed by atoms with E-state index < -0.39 is 9.84 Å². The molecule has 6 nitrogen and oxygen atoms in total. The van der Waals surface area contributed by atoms with Gasteiger partial charge in [-0.15, -0.1) is 0 Å². The normalized spacial score (nSPS) is 20.3. The molecule has 1 fully saturated rings. The van der Waals surface area contributed by atoms with Crippen LogP contribution in [0.15, 0.2) is 24.4 Å². The Morgan fingerprint density at radius 1 is 1.45 bits per heavy atom. The zero-order valence-electron chi connectivity index (χ0n) is 12.4. The molecule has 1 unspecified atom stereocenters. The van der Waals surface area contributed by atoms with Gasteiger partial charge in [0.25, 0.3) is 0 Å². The van der Waals surface area contributed by atoms with Gasteiger partial charge in [-0.2, -0.15) is 5.10 Å². The molecule has 1 aliphatic heterocycles. The van der Waals surface area contributed by atoms with Crippen molar-refractivity contribution in [2.45, 2.75) is 32.4 Å². The Morgan fingerprint density at radius 2 is 2.27 bits per heavy atom. The number of fused-ring (bicyclic) bond motifs is 1. The van der Waals surface area contributed by atoms with E-state index in [0.29, 0.717) is 19.4 Å². The maximum Gasteiger partial charge on any atom is 0.222 e. The van der Waals surface area contributed by atoms with Crippen LogP contribution in [0.5, 0.6) is 0 Å². The standard InChI is InChI=1S/C15H19N3O3S/c1-11-3-2-4-14-13(11)9-16-18(14)7-5-15(19)17-12-6-8-22(20,21)10-12/h2-4,9,12H,5-8,10H2,1H3,(H,17,19). The third-order valence-corrected chi connectivity index (χ3v) is 5.82. The molecule has 118 valence electrons. The fourth-order valence-electron chi connectivity index (χ4n) is 2.84. The quantitative estimate of drug-likeness (QED) is 0.912. The van der Waals surface area contributed by atoms with E-state index in [1.165, 1.54) is 0 Å². The first-order chi connectivity index (χ1) is 10.4. The summed E-state index contributed by atoms with van der Waals surface area (Å²) in [6.45, 7) is 2.51. The molecule has 7 heteroatoms. The van der Waals surface area contributed by atoms with Crippen LogP contribution in [0, 0.1) is 6.92 Å². The molecule has 22 heavy (non-hydrogen) atoms. The summed E-state index contributed by atoms with van der Waals surface area (Å²) in [5, 5.41) is 8.21. The van der Waals surface area contributed by atoms with Gasteiger partial charge in [0.2, 0.25) is 5.91 Å². The van der Waals surface area contributed by atoms with Crippen LogP contribution in [-0.4, -0.2) is 41.7 Å². The largest absolute Gasteiger partial charge is 0.352 e. The lowest BCUT2D eigenvalue weighted by Gasteiger charge is -2.11. The predicted octanol–water partition coefficient (Wildman–Crippen LogP) is 1.04. The zero-order chi connectivity index (χ0) is 15.7. The number of nitrogens with one attached hydrogen (secondary N) is 1. The number of hydrogen-bond acceptors (Lipinski definition) is 4. The van der Waals surface area contributed by atoms with Gasteiger partial charge in [-0.05, 0) is 25.0 Å². The molecule has 1 aliphatic rings. The number of amides is 1. The number of benzene rings is 1. The van der Waals surface area contributed by atoms with Crippen LogP contribution in [0.1, 0.15) is 18.4 Å². The molecule has 1 aromatic heterocycles. The molecule has 1 atom stereocenters. The summed E-state index contributed by atoms with van der Waals surface area (Å²) in [5.41, 5.74) is 2.17. The smallest absolute Gasteiger partial charge is 0.222 e. The molecule has 2 aromatic rings. The number of aromatic nitrogens is 2. The van der Waals surface area contributed by atoms with Crippen LogP contribution in [0.2, 0.25) is 0 Å². The van der Waals surface area contributed by atoms with Crippen LogP contribution in [0.4, 0.5) is 0 Å². The molecule has 0 bridgehead atoms. The molecular weight excluding hydrogens is 302 g/mol. The first kappa shape index (κ1) is 15.0. The second-order valence-electron chi connectivity index (χ2n) is 5.79. The SMILES string of the molecule is Cc1cccc2c1cnn2CCC(=O)NC1CCS(=O)(=O)C1. The van der Waals surface area contributed by atoms with Gasteiger partial charge in [0.1, 0.15) is 0 Å². The van der Waals surface area contributed by atoms with Crippen molar-refractivity contribution in [2.75, 3.05) is 11.5 Å². The Morgan fingerprint density at radius 3 is 3.00 bits per heavy atom. The molecule has 0 spiro atoms. The summed E-state index contributed by atoms with van der Waals surface area (Å²) in [6, 6.07) is 5.74. The van der Waals surface area contributed by atoms with Crippen LogP contribution in [-0.2, 0) is 21.2 Å². The number of carbonyl (C=O) groups is 1. The fraction of sp³-hybridized carbons (Fsp3) is 0.467. The maximum absolute atomic E-state index is 12.0. The van der Waals surface area contributed by atoms with E-state index >= 15 is 0 Å². The van der Waals surface area contributed by atoms with E-state index in [1.54, 1.807) is 0 Å². The van der Waals surface area contributed by atoms with Crippen LogP contribution >= 0.6 is 0 Å². The lowest BCUT2D eigenvalue weighted by molar-refractivity contribution is -0.121. The molecule has 1 N–H and O–H groups in total. The molecule has 1 amide bonds. The summed E-state index contributed by atoms with van der Waals surface area (Å²) in [4.78, 5) is 12.0. The second kappa shape index (κ2) is 5.72. The first-order valence-electron chi connectivity index (χ1n) is 7.35. The molecule has 3 rings (SSSR count). The van der Waals surface area contributed by atoms with Crippen LogP contribution in [0.25, 0.3) is 10.9 Å². The van der Waals surface area contributed by atoms with E-state index in [0.717, 1.165) is 16.5 Å². The lowest BCUT2D eigenvalue weighted by atomic mass is 10.1. The maximum atomic E-state index is 12.0. The van der Waals surface area contributed by atoms with Gasteiger partial charge in [-0.25, -0.2) is 8.42 Å². The molecule has 0 aliphatic carbocycles. The monoisotopic (exact) mass is 321 g/mol.